The molecule has 86 valence electrons. The summed E-state index contributed by atoms with van der Waals surface area (Å²) in [5, 5.41) is 0.833. The third-order valence-electron chi connectivity index (χ3n) is 2.23. The molecule has 0 saturated heterocycles. The molecule has 1 atom stereocenters. The first-order valence-corrected chi connectivity index (χ1v) is 6.78. The van der Waals surface area contributed by atoms with Crippen LogP contribution < -0.4 is 5.73 Å². The van der Waals surface area contributed by atoms with Gasteiger partial charge in [0.25, 0.3) is 0 Å². The van der Waals surface area contributed by atoms with Crippen LogP contribution in [-0.2, 0) is 10.8 Å². The van der Waals surface area contributed by atoms with Gasteiger partial charge in [-0.25, -0.2) is 14.2 Å². The van der Waals surface area contributed by atoms with Gasteiger partial charge in [0.05, 0.1) is 17.2 Å². The number of fused-ring (bicyclic) bond motifs is 1. The van der Waals surface area contributed by atoms with Gasteiger partial charge in [-0.3, -0.25) is 0 Å². The molecule has 0 radical (unpaired) electrons. The minimum Gasteiger partial charge on any atom is -0.375 e. The minimum atomic E-state index is -1.35. The molecule has 0 amide bonds. The summed E-state index contributed by atoms with van der Waals surface area (Å²) in [7, 11) is -1.35. The summed E-state index contributed by atoms with van der Waals surface area (Å²) in [6.45, 7) is 0. The maximum absolute atomic E-state index is 12.2. The van der Waals surface area contributed by atoms with Crippen molar-refractivity contribution in [3.05, 3.63) is 30.5 Å². The highest BCUT2D eigenvalue weighted by Crippen LogP contribution is 2.23. The molecule has 0 aliphatic heterocycles. The molecule has 0 saturated carbocycles. The van der Waals surface area contributed by atoms with Crippen LogP contribution in [0.3, 0.4) is 0 Å². The Hall–Kier alpha value is -1.73. The lowest BCUT2D eigenvalue weighted by Gasteiger charge is -1.90. The van der Waals surface area contributed by atoms with Crippen molar-refractivity contribution in [3.8, 4) is 0 Å². The number of aromatic nitrogens is 3. The Bertz CT molecular complexity index is 670. The summed E-state index contributed by atoms with van der Waals surface area (Å²) in [5.41, 5.74) is 7.18. The number of aromatic amines is 1. The maximum atomic E-state index is 12.2. The molecular formula is C10H8N4OS2. The van der Waals surface area contributed by atoms with Crippen molar-refractivity contribution in [2.45, 2.75) is 9.37 Å². The molecule has 0 aliphatic carbocycles. The van der Waals surface area contributed by atoms with E-state index in [1.54, 1.807) is 0 Å². The van der Waals surface area contributed by atoms with Crippen molar-refractivity contribution in [2.75, 3.05) is 5.73 Å². The number of anilines is 1. The fourth-order valence-corrected chi connectivity index (χ4v) is 3.41. The third-order valence-corrected chi connectivity index (χ3v) is 4.57. The standard InChI is InChI=1S/C10H8N4OS2/c11-9-12-5-8(16-9)17(15)10-13-6-3-1-2-4-7(6)14-10/h1-5H,(H2,11,12)(H,13,14). The first-order valence-electron chi connectivity index (χ1n) is 4.82. The summed E-state index contributed by atoms with van der Waals surface area (Å²) in [6.07, 6.45) is 1.52. The first-order chi connectivity index (χ1) is 8.24. The highest BCUT2D eigenvalue weighted by Gasteiger charge is 2.14. The number of nitrogen functional groups attached to an aromatic ring is 1. The number of para-hydroxylation sites is 2. The number of imidazole rings is 1. The minimum absolute atomic E-state index is 0.407. The van der Waals surface area contributed by atoms with Crippen LogP contribution in [-0.4, -0.2) is 19.2 Å². The Kier molecular flexibility index (Phi) is 2.41. The molecule has 2 heterocycles. The zero-order valence-corrected chi connectivity index (χ0v) is 10.2. The number of benzene rings is 1. The number of H-pyrrole nitrogens is 1. The molecule has 7 heteroatoms. The molecule has 0 aliphatic rings. The number of hydrogen-bond acceptors (Lipinski definition) is 5. The fraction of sp³-hybridized carbons (Fsp3) is 0. The zero-order chi connectivity index (χ0) is 11.8. The van der Waals surface area contributed by atoms with E-state index in [-0.39, 0.29) is 0 Å². The Morgan fingerprint density at radius 1 is 1.35 bits per heavy atom. The molecule has 1 aromatic carbocycles. The van der Waals surface area contributed by atoms with Gasteiger partial charge in [-0.15, -0.1) is 0 Å². The first kappa shape index (κ1) is 10.4. The Morgan fingerprint density at radius 2 is 2.18 bits per heavy atom. The van der Waals surface area contributed by atoms with E-state index in [1.165, 1.54) is 17.5 Å². The number of hydrogen-bond donors (Lipinski definition) is 2. The molecular weight excluding hydrogens is 256 g/mol. The summed E-state index contributed by atoms with van der Waals surface area (Å²) < 4.78 is 12.8. The number of nitrogens with two attached hydrogens (primary N) is 1. The lowest BCUT2D eigenvalue weighted by atomic mass is 10.3. The summed E-state index contributed by atoms with van der Waals surface area (Å²) >= 11 is 1.21. The summed E-state index contributed by atoms with van der Waals surface area (Å²) in [4.78, 5) is 11.2. The average Bonchev–Trinajstić information content (AvgIpc) is 2.93. The predicted octanol–water partition coefficient (Wildman–Crippen LogP) is 1.77. The van der Waals surface area contributed by atoms with Crippen LogP contribution in [0.25, 0.3) is 11.0 Å². The van der Waals surface area contributed by atoms with Gasteiger partial charge in [0.15, 0.2) is 5.13 Å². The van der Waals surface area contributed by atoms with Crippen LogP contribution in [0.4, 0.5) is 5.13 Å². The van der Waals surface area contributed by atoms with Gasteiger partial charge in [-0.1, -0.05) is 23.5 Å². The SMILES string of the molecule is Nc1ncc(S(=O)c2nc3ccccc3[nH]2)s1. The molecule has 0 fully saturated rings. The van der Waals surface area contributed by atoms with Crippen LogP contribution >= 0.6 is 11.3 Å². The van der Waals surface area contributed by atoms with E-state index in [0.29, 0.717) is 14.5 Å². The predicted molar refractivity (Wildman–Crippen MR) is 67.3 cm³/mol. The van der Waals surface area contributed by atoms with Gasteiger partial charge in [-0.05, 0) is 12.1 Å². The normalized spacial score (nSPS) is 12.9. The number of thiazole rings is 1. The number of nitrogens with one attached hydrogen (secondary N) is 1. The molecule has 0 spiro atoms. The van der Waals surface area contributed by atoms with Gasteiger partial charge in [0.2, 0.25) is 5.16 Å². The quantitative estimate of drug-likeness (QED) is 0.738. The van der Waals surface area contributed by atoms with E-state index in [0.717, 1.165) is 11.0 Å². The fourth-order valence-electron chi connectivity index (χ4n) is 1.47. The molecule has 3 N–H and O–H groups in total. The molecule has 3 rings (SSSR count). The second kappa shape index (κ2) is 3.94. The summed E-state index contributed by atoms with van der Waals surface area (Å²) in [6, 6.07) is 7.55. The van der Waals surface area contributed by atoms with E-state index in [4.69, 9.17) is 5.73 Å². The Labute approximate surface area is 103 Å². The monoisotopic (exact) mass is 264 g/mol. The number of nitrogens with zero attached hydrogens (tertiary/aromatic N) is 2. The van der Waals surface area contributed by atoms with E-state index in [2.05, 4.69) is 15.0 Å². The highest BCUT2D eigenvalue weighted by atomic mass is 32.2. The van der Waals surface area contributed by atoms with E-state index in [1.807, 2.05) is 24.3 Å². The van der Waals surface area contributed by atoms with Crippen LogP contribution in [0.2, 0.25) is 0 Å². The van der Waals surface area contributed by atoms with Crippen molar-refractivity contribution in [2.24, 2.45) is 0 Å². The van der Waals surface area contributed by atoms with Crippen molar-refractivity contribution in [1.82, 2.24) is 15.0 Å². The largest absolute Gasteiger partial charge is 0.375 e. The van der Waals surface area contributed by atoms with Gasteiger partial charge >= 0.3 is 0 Å². The number of rotatable bonds is 2. The second-order valence-corrected chi connectivity index (χ2v) is 6.03. The van der Waals surface area contributed by atoms with Crippen molar-refractivity contribution in [1.29, 1.82) is 0 Å². The van der Waals surface area contributed by atoms with Gasteiger partial charge in [0.1, 0.15) is 15.0 Å². The maximum Gasteiger partial charge on any atom is 0.203 e. The van der Waals surface area contributed by atoms with Crippen molar-refractivity contribution in [3.63, 3.8) is 0 Å². The molecule has 1 unspecified atom stereocenters. The third kappa shape index (κ3) is 1.83. The van der Waals surface area contributed by atoms with E-state index in [9.17, 15) is 4.21 Å². The molecule has 3 aromatic rings. The van der Waals surface area contributed by atoms with Crippen LogP contribution in [0.15, 0.2) is 39.8 Å². The Balaban J connectivity index is 2.06. The second-order valence-electron chi connectivity index (χ2n) is 3.35. The topological polar surface area (TPSA) is 84.7 Å². The lowest BCUT2D eigenvalue weighted by molar-refractivity contribution is 0.679. The average molecular weight is 264 g/mol. The van der Waals surface area contributed by atoms with Crippen LogP contribution in [0, 0.1) is 0 Å². The van der Waals surface area contributed by atoms with Gasteiger partial charge < -0.3 is 10.7 Å². The van der Waals surface area contributed by atoms with Gasteiger partial charge in [0, 0.05) is 0 Å². The molecule has 5 nitrogen and oxygen atoms in total. The van der Waals surface area contributed by atoms with E-state index < -0.39 is 10.8 Å². The molecule has 17 heavy (non-hydrogen) atoms. The van der Waals surface area contributed by atoms with Crippen molar-refractivity contribution < 1.29 is 4.21 Å². The highest BCUT2D eigenvalue weighted by molar-refractivity contribution is 7.87. The smallest absolute Gasteiger partial charge is 0.203 e. The molecule has 0 bridgehead atoms. The lowest BCUT2D eigenvalue weighted by Crippen LogP contribution is -1.91. The summed E-state index contributed by atoms with van der Waals surface area (Å²) in [5.74, 6) is 0. The molecule has 2 aromatic heterocycles. The van der Waals surface area contributed by atoms with Crippen LogP contribution in [0.5, 0.6) is 0 Å². The Morgan fingerprint density at radius 3 is 2.88 bits per heavy atom. The van der Waals surface area contributed by atoms with Crippen molar-refractivity contribution >= 4 is 38.3 Å². The van der Waals surface area contributed by atoms with Crippen LogP contribution in [0.1, 0.15) is 0 Å². The zero-order valence-electron chi connectivity index (χ0n) is 8.58. The van der Waals surface area contributed by atoms with Gasteiger partial charge in [-0.2, -0.15) is 0 Å². The van der Waals surface area contributed by atoms with E-state index >= 15 is 0 Å².